The Morgan fingerprint density at radius 3 is 2.83 bits per heavy atom. The summed E-state index contributed by atoms with van der Waals surface area (Å²) in [6, 6.07) is 0.167. The lowest BCUT2D eigenvalue weighted by molar-refractivity contribution is 0.378. The molecule has 0 aromatic rings. The molecule has 5 N–H and O–H groups in total. The molecule has 66 valence electrons. The van der Waals surface area contributed by atoms with Crippen LogP contribution in [0.4, 0.5) is 0 Å². The van der Waals surface area contributed by atoms with E-state index in [0.717, 1.165) is 6.42 Å². The first-order chi connectivity index (χ1) is 5.61. The van der Waals surface area contributed by atoms with E-state index in [-0.39, 0.29) is 18.0 Å². The van der Waals surface area contributed by atoms with Gasteiger partial charge in [0, 0.05) is 12.6 Å². The molecule has 0 amide bonds. The Balaban J connectivity index is 2.64. The fourth-order valence-corrected chi connectivity index (χ4v) is 0.938. The molecule has 0 spiro atoms. The van der Waals surface area contributed by atoms with Gasteiger partial charge >= 0.3 is 0 Å². The fraction of sp³-hybridized carbons (Fsp3) is 0.500. The molecular weight excluding hydrogens is 156 g/mol. The number of rotatable bonds is 0. The molecule has 0 saturated heterocycles. The molecule has 0 saturated carbocycles. The Morgan fingerprint density at radius 1 is 1.75 bits per heavy atom. The maximum Gasteiger partial charge on any atom is 0.242 e. The fourth-order valence-electron chi connectivity index (χ4n) is 0.938. The number of nitrogens with zero attached hydrogens (tertiary/aromatic N) is 3. The highest BCUT2D eigenvalue weighted by atomic mass is 15.5. The Morgan fingerprint density at radius 2 is 2.42 bits per heavy atom. The zero-order valence-corrected chi connectivity index (χ0v) is 6.86. The van der Waals surface area contributed by atoms with Crippen molar-refractivity contribution in [3.63, 3.8) is 0 Å². The molecule has 0 aromatic heterocycles. The standard InChI is InChI=1S/C6H12N6/c1-4-2-3-10-12(4)6(9)11-5(7)8/h3-4H,2H2,1H3,(H5,7,8,9,11). The van der Waals surface area contributed by atoms with Crippen molar-refractivity contribution in [2.45, 2.75) is 19.4 Å². The summed E-state index contributed by atoms with van der Waals surface area (Å²) < 4.78 is 0. The molecule has 1 aliphatic heterocycles. The van der Waals surface area contributed by atoms with Gasteiger partial charge in [-0.25, -0.2) is 5.01 Å². The molecule has 1 unspecified atom stereocenters. The van der Waals surface area contributed by atoms with E-state index >= 15 is 0 Å². The molecule has 0 aromatic carbocycles. The molecule has 1 aliphatic rings. The molecule has 6 heteroatoms. The van der Waals surface area contributed by atoms with Gasteiger partial charge < -0.3 is 11.5 Å². The lowest BCUT2D eigenvalue weighted by Crippen LogP contribution is -2.32. The zero-order valence-electron chi connectivity index (χ0n) is 6.86. The van der Waals surface area contributed by atoms with Gasteiger partial charge in [0.15, 0.2) is 5.96 Å². The molecule has 1 atom stereocenters. The van der Waals surface area contributed by atoms with Crippen molar-refractivity contribution in [3.05, 3.63) is 0 Å². The van der Waals surface area contributed by atoms with E-state index in [4.69, 9.17) is 16.9 Å². The van der Waals surface area contributed by atoms with Crippen molar-refractivity contribution >= 4 is 18.1 Å². The summed E-state index contributed by atoms with van der Waals surface area (Å²) in [5.74, 6) is -0.134. The van der Waals surface area contributed by atoms with Crippen molar-refractivity contribution in [1.82, 2.24) is 5.01 Å². The Bertz CT molecular complexity index is 238. The molecule has 0 aliphatic carbocycles. The number of hydrogen-bond donors (Lipinski definition) is 3. The third-order valence-corrected chi connectivity index (χ3v) is 1.52. The van der Waals surface area contributed by atoms with Crippen LogP contribution in [0.15, 0.2) is 10.1 Å². The Hall–Kier alpha value is -1.59. The van der Waals surface area contributed by atoms with Crippen molar-refractivity contribution in [2.75, 3.05) is 0 Å². The number of guanidine groups is 2. The van der Waals surface area contributed by atoms with Gasteiger partial charge in [-0.15, -0.1) is 0 Å². The van der Waals surface area contributed by atoms with E-state index in [9.17, 15) is 0 Å². The van der Waals surface area contributed by atoms with Gasteiger partial charge in [0.05, 0.1) is 6.04 Å². The second-order valence-electron chi connectivity index (χ2n) is 2.59. The topological polar surface area (TPSA) is 104 Å². The summed E-state index contributed by atoms with van der Waals surface area (Å²) >= 11 is 0. The average molecular weight is 168 g/mol. The second kappa shape index (κ2) is 3.21. The van der Waals surface area contributed by atoms with Gasteiger partial charge in [-0.2, -0.15) is 10.1 Å². The lowest BCUT2D eigenvalue weighted by atomic mass is 10.3. The molecule has 1 rings (SSSR count). The van der Waals surface area contributed by atoms with Crippen LogP contribution in [0.2, 0.25) is 0 Å². The SMILES string of the molecule is CC1CC=NN1C(=N)N=C(N)N. The molecular formula is C6H12N6. The van der Waals surface area contributed by atoms with Gasteiger partial charge in [-0.05, 0) is 6.92 Å². The van der Waals surface area contributed by atoms with Gasteiger partial charge in [-0.3, -0.25) is 5.41 Å². The number of nitrogens with two attached hydrogens (primary N) is 2. The molecule has 12 heavy (non-hydrogen) atoms. The summed E-state index contributed by atoms with van der Waals surface area (Å²) in [6.07, 6.45) is 2.56. The average Bonchev–Trinajstić information content (AvgIpc) is 2.33. The van der Waals surface area contributed by atoms with E-state index in [1.54, 1.807) is 6.21 Å². The molecule has 0 fully saturated rings. The number of aliphatic imine (C=N–C) groups is 1. The Kier molecular flexibility index (Phi) is 2.27. The van der Waals surface area contributed by atoms with Gasteiger partial charge in [0.25, 0.3) is 0 Å². The normalized spacial score (nSPS) is 21.1. The number of nitrogens with one attached hydrogen (secondary N) is 1. The quantitative estimate of drug-likeness (QED) is 0.328. The molecule has 0 radical (unpaired) electrons. The van der Waals surface area contributed by atoms with Crippen molar-refractivity contribution in [2.24, 2.45) is 21.6 Å². The van der Waals surface area contributed by atoms with Crippen LogP contribution in [-0.2, 0) is 0 Å². The highest BCUT2D eigenvalue weighted by molar-refractivity contribution is 5.92. The monoisotopic (exact) mass is 168 g/mol. The summed E-state index contributed by atoms with van der Waals surface area (Å²) in [6.45, 7) is 1.95. The lowest BCUT2D eigenvalue weighted by Gasteiger charge is -2.17. The minimum absolute atomic E-state index is 0.0174. The molecule has 0 bridgehead atoms. The van der Waals surface area contributed by atoms with Gasteiger partial charge in [-0.1, -0.05) is 0 Å². The predicted molar refractivity (Wildman–Crippen MR) is 47.9 cm³/mol. The third kappa shape index (κ3) is 1.71. The van der Waals surface area contributed by atoms with Gasteiger partial charge in [0.2, 0.25) is 5.96 Å². The summed E-state index contributed by atoms with van der Waals surface area (Å²) in [5.41, 5.74) is 10.2. The van der Waals surface area contributed by atoms with Crippen LogP contribution in [-0.4, -0.2) is 29.2 Å². The third-order valence-electron chi connectivity index (χ3n) is 1.52. The maximum atomic E-state index is 7.41. The van der Waals surface area contributed by atoms with E-state index in [2.05, 4.69) is 10.1 Å². The summed E-state index contributed by atoms with van der Waals surface area (Å²) in [4.78, 5) is 3.58. The molecule has 6 nitrogen and oxygen atoms in total. The van der Waals surface area contributed by atoms with Crippen molar-refractivity contribution in [1.29, 1.82) is 5.41 Å². The number of hydrazone groups is 1. The van der Waals surface area contributed by atoms with Crippen molar-refractivity contribution in [3.8, 4) is 0 Å². The largest absolute Gasteiger partial charge is 0.370 e. The minimum atomic E-state index is -0.116. The zero-order chi connectivity index (χ0) is 9.14. The van der Waals surface area contributed by atoms with E-state index in [1.807, 2.05) is 6.92 Å². The summed E-state index contributed by atoms with van der Waals surface area (Å²) in [7, 11) is 0. The second-order valence-corrected chi connectivity index (χ2v) is 2.59. The van der Waals surface area contributed by atoms with E-state index in [1.165, 1.54) is 5.01 Å². The first-order valence-electron chi connectivity index (χ1n) is 3.61. The highest BCUT2D eigenvalue weighted by Crippen LogP contribution is 2.10. The minimum Gasteiger partial charge on any atom is -0.370 e. The Labute approximate surface area is 70.4 Å². The van der Waals surface area contributed by atoms with Crippen LogP contribution >= 0.6 is 0 Å². The number of hydrogen-bond acceptors (Lipinski definition) is 2. The van der Waals surface area contributed by atoms with E-state index in [0.29, 0.717) is 0 Å². The smallest absolute Gasteiger partial charge is 0.242 e. The first-order valence-corrected chi connectivity index (χ1v) is 3.61. The highest BCUT2D eigenvalue weighted by Gasteiger charge is 2.19. The van der Waals surface area contributed by atoms with Crippen molar-refractivity contribution < 1.29 is 0 Å². The molecule has 1 heterocycles. The van der Waals surface area contributed by atoms with Gasteiger partial charge in [0.1, 0.15) is 0 Å². The first kappa shape index (κ1) is 8.51. The van der Waals surface area contributed by atoms with Crippen LogP contribution in [0, 0.1) is 5.41 Å². The summed E-state index contributed by atoms with van der Waals surface area (Å²) in [5, 5.41) is 12.8. The van der Waals surface area contributed by atoms with Crippen LogP contribution in [0.5, 0.6) is 0 Å². The van der Waals surface area contributed by atoms with E-state index < -0.39 is 0 Å². The maximum absolute atomic E-state index is 7.41. The van der Waals surface area contributed by atoms with Crippen LogP contribution in [0.25, 0.3) is 0 Å². The predicted octanol–water partition coefficient (Wildman–Crippen LogP) is -0.725. The van der Waals surface area contributed by atoms with Crippen LogP contribution in [0.1, 0.15) is 13.3 Å². The van der Waals surface area contributed by atoms with Crippen LogP contribution < -0.4 is 11.5 Å². The van der Waals surface area contributed by atoms with Crippen LogP contribution in [0.3, 0.4) is 0 Å².